The van der Waals surface area contributed by atoms with E-state index in [0.29, 0.717) is 48.3 Å². The van der Waals surface area contributed by atoms with Gasteiger partial charge in [0, 0.05) is 0 Å². The third-order valence-corrected chi connectivity index (χ3v) is 9.74. The van der Waals surface area contributed by atoms with Crippen molar-refractivity contribution in [1.82, 2.24) is 0 Å². The molecule has 0 spiro atoms. The fourth-order valence-electron chi connectivity index (χ4n) is 6.67. The summed E-state index contributed by atoms with van der Waals surface area (Å²) in [6.07, 6.45) is 0. The summed E-state index contributed by atoms with van der Waals surface area (Å²) >= 11 is 0. The van der Waals surface area contributed by atoms with Crippen molar-refractivity contribution in [3.63, 3.8) is 0 Å². The summed E-state index contributed by atoms with van der Waals surface area (Å²) in [5.41, 5.74) is 8.90. The van der Waals surface area contributed by atoms with Gasteiger partial charge in [-0.1, -0.05) is 82.5 Å². The monoisotopic (exact) mass is 763 g/mol. The molecule has 0 fully saturated rings. The third-order valence-electron chi connectivity index (χ3n) is 9.74. The van der Waals surface area contributed by atoms with Crippen LogP contribution in [0.5, 0.6) is 34.5 Å². The Morgan fingerprint density at radius 1 is 0.517 bits per heavy atom. The first-order valence-electron chi connectivity index (χ1n) is 18.5. The van der Waals surface area contributed by atoms with Crippen LogP contribution in [0.15, 0.2) is 127 Å². The number of para-hydroxylation sites is 1. The van der Waals surface area contributed by atoms with Crippen molar-refractivity contribution in [2.45, 2.75) is 47.7 Å². The van der Waals surface area contributed by atoms with Crippen LogP contribution < -0.4 is 30.6 Å². The van der Waals surface area contributed by atoms with Gasteiger partial charge in [0.2, 0.25) is 0 Å². The molecular formula is C46H40B3N3O6. The van der Waals surface area contributed by atoms with Gasteiger partial charge in [-0.05, 0) is 106 Å². The van der Waals surface area contributed by atoms with E-state index in [1.807, 2.05) is 86.4 Å². The number of fused-ring (bicyclic) bond motifs is 3. The standard InChI is InChI=1S/3C15H12BNO2.CH4/c1-16-15-8-7-14(9-11(15)10-18-16)19-13-5-3-12(17-2)4-6-13;1-16-15-7-6-14(8-11(15)10-18-16)19-13-5-3-4-12(9-13)17-2;1-16-14-7-6-13(8-12(14)10-18-16)19-15-5-3-2-4-11(15)9-17;/h2*3-9H,10H2,1H3;2-8H,10H2,1H3;1H4. The van der Waals surface area contributed by atoms with Crippen LogP contribution in [0.25, 0.3) is 9.69 Å². The van der Waals surface area contributed by atoms with Crippen LogP contribution in [0.1, 0.15) is 29.7 Å². The van der Waals surface area contributed by atoms with E-state index in [0.717, 1.165) is 28.6 Å². The molecule has 0 aromatic heterocycles. The van der Waals surface area contributed by atoms with E-state index in [1.165, 1.54) is 27.5 Å². The van der Waals surface area contributed by atoms with Crippen LogP contribution in [-0.4, -0.2) is 20.7 Å². The van der Waals surface area contributed by atoms with Gasteiger partial charge >= 0.3 is 20.7 Å². The summed E-state index contributed by atoms with van der Waals surface area (Å²) in [6.45, 7) is 22.4. The van der Waals surface area contributed by atoms with Crippen LogP contribution in [-0.2, 0) is 33.8 Å². The molecule has 0 bridgehead atoms. The highest BCUT2D eigenvalue weighted by molar-refractivity contribution is 6.68. The lowest BCUT2D eigenvalue weighted by Crippen LogP contribution is -2.23. The summed E-state index contributed by atoms with van der Waals surface area (Å²) in [4.78, 5) is 6.74. The van der Waals surface area contributed by atoms with Crippen LogP contribution in [0.2, 0.25) is 20.5 Å². The molecule has 58 heavy (non-hydrogen) atoms. The minimum absolute atomic E-state index is 0. The Balaban J connectivity index is 0.000000145. The molecule has 0 aliphatic carbocycles. The van der Waals surface area contributed by atoms with Gasteiger partial charge in [0.25, 0.3) is 0 Å². The van der Waals surface area contributed by atoms with Gasteiger partial charge in [-0.3, -0.25) is 0 Å². The fourth-order valence-corrected chi connectivity index (χ4v) is 6.67. The number of nitriles is 1. The zero-order valence-corrected chi connectivity index (χ0v) is 31.8. The summed E-state index contributed by atoms with van der Waals surface area (Å²) in [7, 11) is 0. The zero-order valence-electron chi connectivity index (χ0n) is 31.8. The molecule has 0 saturated heterocycles. The molecule has 0 radical (unpaired) electrons. The Hall–Kier alpha value is -6.74. The molecule has 6 aromatic rings. The normalized spacial score (nSPS) is 12.7. The highest BCUT2D eigenvalue weighted by Crippen LogP contribution is 2.29. The summed E-state index contributed by atoms with van der Waals surface area (Å²) in [5.74, 6) is 4.31. The molecule has 6 aromatic carbocycles. The summed E-state index contributed by atoms with van der Waals surface area (Å²) < 4.78 is 34.1. The largest absolute Gasteiger partial charge is 0.459 e. The topological polar surface area (TPSA) is 87.9 Å². The second-order valence-corrected chi connectivity index (χ2v) is 13.6. The van der Waals surface area contributed by atoms with Crippen molar-refractivity contribution in [3.05, 3.63) is 172 Å². The van der Waals surface area contributed by atoms with Crippen molar-refractivity contribution in [2.24, 2.45) is 0 Å². The van der Waals surface area contributed by atoms with E-state index < -0.39 is 0 Å². The van der Waals surface area contributed by atoms with E-state index in [4.69, 9.17) is 46.6 Å². The minimum atomic E-state index is 0. The van der Waals surface area contributed by atoms with Crippen molar-refractivity contribution in [2.75, 3.05) is 0 Å². The Morgan fingerprint density at radius 3 is 1.47 bits per heavy atom. The average Bonchev–Trinajstić information content (AvgIpc) is 3.93. The van der Waals surface area contributed by atoms with E-state index in [9.17, 15) is 0 Å². The molecule has 0 atom stereocenters. The average molecular weight is 763 g/mol. The molecule has 0 N–H and O–H groups in total. The van der Waals surface area contributed by atoms with Gasteiger partial charge in [-0.25, -0.2) is 9.69 Å². The maximum atomic E-state index is 9.04. The van der Waals surface area contributed by atoms with Crippen molar-refractivity contribution in [3.8, 4) is 40.6 Å². The lowest BCUT2D eigenvalue weighted by Gasteiger charge is -2.08. The third kappa shape index (κ3) is 9.79. The second-order valence-electron chi connectivity index (χ2n) is 13.6. The number of nitrogens with zero attached hydrogens (tertiary/aromatic N) is 3. The van der Waals surface area contributed by atoms with Crippen molar-refractivity contribution in [1.29, 1.82) is 5.26 Å². The maximum Gasteiger partial charge on any atom is 0.324 e. The van der Waals surface area contributed by atoms with Crippen LogP contribution in [0.3, 0.4) is 0 Å². The molecule has 3 aliphatic heterocycles. The molecule has 0 amide bonds. The molecule has 0 unspecified atom stereocenters. The molecule has 284 valence electrons. The van der Waals surface area contributed by atoms with Gasteiger partial charge in [0.15, 0.2) is 11.4 Å². The fraction of sp³-hybridized carbons (Fsp3) is 0.152. The van der Waals surface area contributed by atoms with Gasteiger partial charge in [-0.15, -0.1) is 0 Å². The van der Waals surface area contributed by atoms with Crippen molar-refractivity contribution >= 4 is 48.5 Å². The SMILES string of the molecule is C.CB1OCc2cc(Oc3ccccc3C#N)ccc21.[C-]#[N+]c1ccc(Oc2ccc3c(c2)COB3C)cc1.[C-]#[N+]c1cccc(Oc2ccc3c(c2)COB3C)c1. The Labute approximate surface area is 341 Å². The van der Waals surface area contributed by atoms with Crippen LogP contribution in [0.4, 0.5) is 11.4 Å². The molecule has 3 heterocycles. The highest BCUT2D eigenvalue weighted by Gasteiger charge is 2.25. The smallest absolute Gasteiger partial charge is 0.324 e. The molecule has 12 heteroatoms. The molecule has 3 aliphatic rings. The Kier molecular flexibility index (Phi) is 13.4. The lowest BCUT2D eigenvalue weighted by atomic mass is 9.64. The first-order chi connectivity index (χ1) is 27.8. The molecule has 9 nitrogen and oxygen atoms in total. The lowest BCUT2D eigenvalue weighted by molar-refractivity contribution is 0.333. The second kappa shape index (κ2) is 18.9. The maximum absolute atomic E-state index is 9.04. The number of ether oxygens (including phenoxy) is 3. The predicted octanol–water partition coefficient (Wildman–Crippen LogP) is 10.1. The van der Waals surface area contributed by atoms with Gasteiger partial charge in [0.05, 0.1) is 38.5 Å². The quantitative estimate of drug-likeness (QED) is 0.123. The number of rotatable bonds is 6. The van der Waals surface area contributed by atoms with E-state index in [1.54, 1.807) is 48.5 Å². The number of benzene rings is 6. The first-order valence-corrected chi connectivity index (χ1v) is 18.5. The van der Waals surface area contributed by atoms with Crippen LogP contribution in [0, 0.1) is 24.5 Å². The van der Waals surface area contributed by atoms with Gasteiger partial charge in [-0.2, -0.15) is 5.26 Å². The van der Waals surface area contributed by atoms with Crippen molar-refractivity contribution < 1.29 is 28.2 Å². The van der Waals surface area contributed by atoms with E-state index in [2.05, 4.69) is 28.6 Å². The zero-order chi connectivity index (χ0) is 39.7. The van der Waals surface area contributed by atoms with Gasteiger partial charge < -0.3 is 28.2 Å². The highest BCUT2D eigenvalue weighted by atomic mass is 16.5. The van der Waals surface area contributed by atoms with Gasteiger partial charge in [0.1, 0.15) is 40.6 Å². The number of hydrogen-bond donors (Lipinski definition) is 0. The Bertz CT molecular complexity index is 2530. The first kappa shape index (κ1) is 40.9. The molecule has 9 rings (SSSR count). The summed E-state index contributed by atoms with van der Waals surface area (Å²) in [6, 6.07) is 41.5. The number of hydrogen-bond acceptors (Lipinski definition) is 7. The minimum Gasteiger partial charge on any atom is -0.459 e. The van der Waals surface area contributed by atoms with Crippen LogP contribution >= 0.6 is 0 Å². The predicted molar refractivity (Wildman–Crippen MR) is 231 cm³/mol. The molecule has 0 saturated carbocycles. The van der Waals surface area contributed by atoms with E-state index >= 15 is 0 Å². The Morgan fingerprint density at radius 2 is 0.966 bits per heavy atom. The van der Waals surface area contributed by atoms with E-state index in [-0.39, 0.29) is 28.2 Å². The summed E-state index contributed by atoms with van der Waals surface area (Å²) in [5, 5.41) is 9.04. The molecular weight excluding hydrogens is 723 g/mol.